The van der Waals surface area contributed by atoms with E-state index in [0.717, 1.165) is 25.2 Å². The van der Waals surface area contributed by atoms with Crippen LogP contribution in [-0.2, 0) is 23.1 Å². The van der Waals surface area contributed by atoms with Crippen molar-refractivity contribution in [1.82, 2.24) is 20.3 Å². The third-order valence-corrected chi connectivity index (χ3v) is 6.81. The van der Waals surface area contributed by atoms with Gasteiger partial charge in [-0.05, 0) is 49.7 Å². The molecule has 1 saturated heterocycles. The number of halogens is 1. The van der Waals surface area contributed by atoms with E-state index in [1.54, 1.807) is 25.2 Å². The first-order valence-corrected chi connectivity index (χ1v) is 11.7. The lowest BCUT2D eigenvalue weighted by Gasteiger charge is -2.25. The fraction of sp³-hybridized carbons (Fsp3) is 0.409. The predicted octanol–water partition coefficient (Wildman–Crippen LogP) is 2.54. The number of hydrogen-bond donors (Lipinski definition) is 3. The molecule has 0 aliphatic carbocycles. The Morgan fingerprint density at radius 1 is 1.10 bits per heavy atom. The lowest BCUT2D eigenvalue weighted by atomic mass is 10.2. The molecule has 1 fully saturated rings. The van der Waals surface area contributed by atoms with Crippen molar-refractivity contribution in [3.63, 3.8) is 0 Å². The zero-order chi connectivity index (χ0) is 21.4. The van der Waals surface area contributed by atoms with E-state index in [-0.39, 0.29) is 28.9 Å². The summed E-state index contributed by atoms with van der Waals surface area (Å²) >= 11 is 0. The molecular formula is C22H32IN5O2S. The topological polar surface area (TPSA) is 85.8 Å². The molecule has 31 heavy (non-hydrogen) atoms. The van der Waals surface area contributed by atoms with E-state index >= 15 is 0 Å². The van der Waals surface area contributed by atoms with E-state index in [1.807, 2.05) is 12.1 Å². The molecule has 9 heteroatoms. The van der Waals surface area contributed by atoms with Crippen molar-refractivity contribution in [2.24, 2.45) is 4.99 Å². The van der Waals surface area contributed by atoms with Gasteiger partial charge < -0.3 is 10.6 Å². The second kappa shape index (κ2) is 12.4. The second-order valence-electron chi connectivity index (χ2n) is 7.41. The number of benzene rings is 2. The van der Waals surface area contributed by atoms with Crippen LogP contribution in [0.4, 0.5) is 0 Å². The maximum atomic E-state index is 12.0. The normalized spacial score (nSPS) is 17.2. The van der Waals surface area contributed by atoms with Crippen LogP contribution in [0.15, 0.2) is 64.5 Å². The first-order chi connectivity index (χ1) is 14.5. The number of rotatable bonds is 8. The van der Waals surface area contributed by atoms with Gasteiger partial charge >= 0.3 is 0 Å². The van der Waals surface area contributed by atoms with Crippen LogP contribution < -0.4 is 15.4 Å². The molecule has 1 atom stereocenters. The van der Waals surface area contributed by atoms with E-state index in [0.29, 0.717) is 18.5 Å². The van der Waals surface area contributed by atoms with Crippen LogP contribution in [0.2, 0.25) is 0 Å². The van der Waals surface area contributed by atoms with Crippen molar-refractivity contribution in [2.75, 3.05) is 27.2 Å². The van der Waals surface area contributed by atoms with Gasteiger partial charge in [-0.15, -0.1) is 24.0 Å². The quantitative estimate of drug-likeness (QED) is 0.264. The van der Waals surface area contributed by atoms with Crippen LogP contribution in [0.1, 0.15) is 24.0 Å². The minimum Gasteiger partial charge on any atom is -0.355 e. The van der Waals surface area contributed by atoms with Gasteiger partial charge in [-0.3, -0.25) is 9.89 Å². The lowest BCUT2D eigenvalue weighted by molar-refractivity contribution is 0.245. The molecule has 170 valence electrons. The molecule has 1 heterocycles. The maximum absolute atomic E-state index is 12.0. The summed E-state index contributed by atoms with van der Waals surface area (Å²) in [6, 6.07) is 17.9. The molecule has 1 aliphatic rings. The summed E-state index contributed by atoms with van der Waals surface area (Å²) in [5.74, 6) is 0.712. The average molecular weight is 558 g/mol. The summed E-state index contributed by atoms with van der Waals surface area (Å²) < 4.78 is 26.3. The Bertz CT molecular complexity index is 953. The van der Waals surface area contributed by atoms with Crippen LogP contribution in [0.25, 0.3) is 0 Å². The summed E-state index contributed by atoms with van der Waals surface area (Å²) in [4.78, 5) is 7.08. The first-order valence-electron chi connectivity index (χ1n) is 10.3. The van der Waals surface area contributed by atoms with Gasteiger partial charge in [-0.1, -0.05) is 42.5 Å². The minimum atomic E-state index is -3.45. The minimum absolute atomic E-state index is 0. The summed E-state index contributed by atoms with van der Waals surface area (Å²) in [5.41, 5.74) is 2.21. The van der Waals surface area contributed by atoms with E-state index in [9.17, 15) is 8.42 Å². The molecule has 0 radical (unpaired) electrons. The van der Waals surface area contributed by atoms with E-state index < -0.39 is 10.0 Å². The number of likely N-dealkylation sites (tertiary alicyclic amines) is 1. The number of hydrogen-bond acceptors (Lipinski definition) is 4. The average Bonchev–Trinajstić information content (AvgIpc) is 3.21. The van der Waals surface area contributed by atoms with Gasteiger partial charge in [0.1, 0.15) is 0 Å². The van der Waals surface area contributed by atoms with Gasteiger partial charge in [-0.2, -0.15) is 0 Å². The molecule has 0 spiro atoms. The number of aliphatic imine (C=N–C) groups is 1. The Kier molecular flexibility index (Phi) is 10.2. The molecule has 7 nitrogen and oxygen atoms in total. The molecule has 2 aromatic rings. The van der Waals surface area contributed by atoms with Crippen molar-refractivity contribution >= 4 is 40.0 Å². The highest BCUT2D eigenvalue weighted by molar-refractivity contribution is 14.0. The Balaban J connectivity index is 0.00000341. The highest BCUT2D eigenvalue weighted by Gasteiger charge is 2.24. The van der Waals surface area contributed by atoms with Crippen molar-refractivity contribution in [1.29, 1.82) is 0 Å². The molecule has 0 amide bonds. The van der Waals surface area contributed by atoms with Crippen LogP contribution in [0.5, 0.6) is 0 Å². The monoisotopic (exact) mass is 557 g/mol. The Hall–Kier alpha value is -1.69. The zero-order valence-corrected chi connectivity index (χ0v) is 21.2. The fourth-order valence-corrected chi connectivity index (χ4v) is 4.51. The first kappa shape index (κ1) is 25.6. The lowest BCUT2D eigenvalue weighted by Crippen LogP contribution is -2.44. The van der Waals surface area contributed by atoms with E-state index in [1.165, 1.54) is 25.5 Å². The molecular weight excluding hydrogens is 525 g/mol. The standard InChI is InChI=1S/C22H31N5O2S.HI/c1-23-22(25-15-19-10-6-12-21(14-19)30(28,29)24-2)26-16-20-11-7-13-27(20)17-18-8-4-3-5-9-18;/h3-6,8-10,12,14,20,24H,7,11,13,15-17H2,1-2H3,(H2,23,25,26);1H. The molecule has 1 aliphatic heterocycles. The van der Waals surface area contributed by atoms with Gasteiger partial charge in [0.2, 0.25) is 10.0 Å². The van der Waals surface area contributed by atoms with Crippen molar-refractivity contribution < 1.29 is 8.42 Å². The van der Waals surface area contributed by atoms with E-state index in [2.05, 4.69) is 49.5 Å². The van der Waals surface area contributed by atoms with Gasteiger partial charge in [0, 0.05) is 32.7 Å². The molecule has 1 unspecified atom stereocenters. The SMILES string of the molecule is CN=C(NCc1cccc(S(=O)(=O)NC)c1)NCC1CCCN1Cc1ccccc1.I. The summed E-state index contributed by atoms with van der Waals surface area (Å²) in [5, 5.41) is 6.70. The maximum Gasteiger partial charge on any atom is 0.240 e. The zero-order valence-electron chi connectivity index (χ0n) is 18.0. The Morgan fingerprint density at radius 2 is 1.84 bits per heavy atom. The van der Waals surface area contributed by atoms with Crippen LogP contribution in [-0.4, -0.2) is 52.5 Å². The molecule has 2 aromatic carbocycles. The van der Waals surface area contributed by atoms with Gasteiger partial charge in [0.15, 0.2) is 5.96 Å². The highest BCUT2D eigenvalue weighted by Crippen LogP contribution is 2.19. The van der Waals surface area contributed by atoms with Gasteiger partial charge in [-0.25, -0.2) is 13.1 Å². The fourth-order valence-electron chi connectivity index (χ4n) is 3.71. The van der Waals surface area contributed by atoms with Crippen molar-refractivity contribution in [3.8, 4) is 0 Å². The molecule has 0 saturated carbocycles. The Labute approximate surface area is 202 Å². The second-order valence-corrected chi connectivity index (χ2v) is 9.30. The van der Waals surface area contributed by atoms with Crippen LogP contribution >= 0.6 is 24.0 Å². The van der Waals surface area contributed by atoms with Gasteiger partial charge in [0.05, 0.1) is 4.90 Å². The molecule has 0 bridgehead atoms. The van der Waals surface area contributed by atoms with Crippen LogP contribution in [0.3, 0.4) is 0 Å². The highest BCUT2D eigenvalue weighted by atomic mass is 127. The largest absolute Gasteiger partial charge is 0.355 e. The third-order valence-electron chi connectivity index (χ3n) is 5.39. The van der Waals surface area contributed by atoms with E-state index in [4.69, 9.17) is 0 Å². The molecule has 3 N–H and O–H groups in total. The third kappa shape index (κ3) is 7.44. The molecule has 3 rings (SSSR count). The summed E-state index contributed by atoms with van der Waals surface area (Å²) in [6.45, 7) is 3.39. The molecule has 0 aromatic heterocycles. The van der Waals surface area contributed by atoms with Crippen molar-refractivity contribution in [2.45, 2.75) is 36.9 Å². The predicted molar refractivity (Wildman–Crippen MR) is 136 cm³/mol. The Morgan fingerprint density at radius 3 is 2.55 bits per heavy atom. The number of nitrogens with one attached hydrogen (secondary N) is 3. The number of sulfonamides is 1. The summed E-state index contributed by atoms with van der Waals surface area (Å²) in [6.07, 6.45) is 2.37. The number of nitrogens with zero attached hydrogens (tertiary/aromatic N) is 2. The smallest absolute Gasteiger partial charge is 0.240 e. The number of guanidine groups is 1. The summed E-state index contributed by atoms with van der Waals surface area (Å²) in [7, 11) is -0.291. The van der Waals surface area contributed by atoms with Gasteiger partial charge in [0.25, 0.3) is 0 Å². The van der Waals surface area contributed by atoms with Crippen LogP contribution in [0, 0.1) is 0 Å². The van der Waals surface area contributed by atoms with Crippen molar-refractivity contribution in [3.05, 3.63) is 65.7 Å².